The average molecular weight is 421 g/mol. The molecule has 2 unspecified atom stereocenters. The molecular formula is C24H24FN3O3. The second-order valence-electron chi connectivity index (χ2n) is 8.37. The number of rotatable bonds is 3. The summed E-state index contributed by atoms with van der Waals surface area (Å²) in [5.74, 6) is 0.360. The Kier molecular flexibility index (Phi) is 4.82. The molecule has 2 aliphatic heterocycles. The molecule has 1 spiro atoms. The second-order valence-corrected chi connectivity index (χ2v) is 8.37. The molecule has 160 valence electrons. The smallest absolute Gasteiger partial charge is 0.283 e. The molecule has 0 radical (unpaired) electrons. The Bertz CT molecular complexity index is 1100. The van der Waals surface area contributed by atoms with E-state index >= 15 is 0 Å². The van der Waals surface area contributed by atoms with Crippen molar-refractivity contribution in [3.05, 3.63) is 53.3 Å². The first kappa shape index (κ1) is 19.8. The standard InChI is InChI=1S/C24H24FN3O3/c1-2-29-18-4-6-22-20(11-18)24(13-30-23(27)28-24)19-10-15(3-5-21(19)31-22)16-7-14(12-26)8-17(25)9-16/h3,5,7-10,18,20,22H,2,4,6,11,13H2,1H3,(H2,27,28)/t18-,20-,22?,24?/m0/s1. The van der Waals surface area contributed by atoms with Crippen LogP contribution >= 0.6 is 0 Å². The fourth-order valence-electron chi connectivity index (χ4n) is 5.24. The largest absolute Gasteiger partial charge is 0.490 e. The van der Waals surface area contributed by atoms with Crippen LogP contribution in [0.4, 0.5) is 4.39 Å². The van der Waals surface area contributed by atoms with Crippen molar-refractivity contribution in [2.24, 2.45) is 16.6 Å². The molecular weight excluding hydrogens is 397 g/mol. The highest BCUT2D eigenvalue weighted by Crippen LogP contribution is 2.53. The minimum Gasteiger partial charge on any atom is -0.490 e. The lowest BCUT2D eigenvalue weighted by atomic mass is 9.67. The zero-order valence-electron chi connectivity index (χ0n) is 17.3. The highest BCUT2D eigenvalue weighted by Gasteiger charge is 2.55. The number of nitrogens with zero attached hydrogens (tertiary/aromatic N) is 2. The van der Waals surface area contributed by atoms with Crippen molar-refractivity contribution in [1.82, 2.24) is 0 Å². The van der Waals surface area contributed by atoms with Crippen molar-refractivity contribution in [1.29, 1.82) is 5.26 Å². The Morgan fingerprint density at radius 3 is 2.87 bits per heavy atom. The highest BCUT2D eigenvalue weighted by atomic mass is 19.1. The zero-order chi connectivity index (χ0) is 21.6. The van der Waals surface area contributed by atoms with E-state index in [0.717, 1.165) is 36.1 Å². The van der Waals surface area contributed by atoms with Gasteiger partial charge >= 0.3 is 0 Å². The topological polar surface area (TPSA) is 89.9 Å². The molecule has 2 heterocycles. The summed E-state index contributed by atoms with van der Waals surface area (Å²) in [6.07, 6.45) is 2.78. The second kappa shape index (κ2) is 7.54. The third kappa shape index (κ3) is 3.31. The molecule has 3 aliphatic rings. The summed E-state index contributed by atoms with van der Waals surface area (Å²) in [6.45, 7) is 3.01. The number of nitriles is 1. The van der Waals surface area contributed by atoms with Gasteiger partial charge in [-0.25, -0.2) is 9.38 Å². The normalized spacial score (nSPS) is 28.7. The molecule has 0 aromatic heterocycles. The van der Waals surface area contributed by atoms with E-state index in [4.69, 9.17) is 24.9 Å². The van der Waals surface area contributed by atoms with Gasteiger partial charge in [0.2, 0.25) is 0 Å². The van der Waals surface area contributed by atoms with Crippen molar-refractivity contribution in [2.45, 2.75) is 43.9 Å². The number of hydrogen-bond donors (Lipinski definition) is 1. The zero-order valence-corrected chi connectivity index (χ0v) is 17.3. The maximum Gasteiger partial charge on any atom is 0.283 e. The van der Waals surface area contributed by atoms with Gasteiger partial charge in [0, 0.05) is 18.1 Å². The lowest BCUT2D eigenvalue weighted by Crippen LogP contribution is -2.52. The van der Waals surface area contributed by atoms with Crippen LogP contribution in [0.5, 0.6) is 5.75 Å². The van der Waals surface area contributed by atoms with Gasteiger partial charge in [-0.15, -0.1) is 0 Å². The van der Waals surface area contributed by atoms with Gasteiger partial charge in [0.25, 0.3) is 6.02 Å². The maximum absolute atomic E-state index is 14.1. The molecule has 0 saturated heterocycles. The molecule has 0 bridgehead atoms. The fourth-order valence-corrected chi connectivity index (χ4v) is 5.24. The third-order valence-electron chi connectivity index (χ3n) is 6.59. The van der Waals surface area contributed by atoms with Crippen molar-refractivity contribution in [3.63, 3.8) is 0 Å². The van der Waals surface area contributed by atoms with Crippen molar-refractivity contribution in [3.8, 4) is 22.9 Å². The number of nitrogens with two attached hydrogens (primary N) is 1. The summed E-state index contributed by atoms with van der Waals surface area (Å²) >= 11 is 0. The van der Waals surface area contributed by atoms with Crippen LogP contribution in [0.3, 0.4) is 0 Å². The molecule has 6 nitrogen and oxygen atoms in total. The summed E-state index contributed by atoms with van der Waals surface area (Å²) in [4.78, 5) is 4.80. The number of halogens is 1. The van der Waals surface area contributed by atoms with Crippen LogP contribution in [0.2, 0.25) is 0 Å². The molecule has 2 aromatic carbocycles. The van der Waals surface area contributed by atoms with Gasteiger partial charge in [-0.3, -0.25) is 0 Å². The van der Waals surface area contributed by atoms with Crippen molar-refractivity contribution in [2.75, 3.05) is 13.2 Å². The molecule has 1 aliphatic carbocycles. The molecule has 2 N–H and O–H groups in total. The van der Waals surface area contributed by atoms with E-state index in [0.29, 0.717) is 18.8 Å². The number of amidine groups is 1. The summed E-state index contributed by atoms with van der Waals surface area (Å²) in [5.41, 5.74) is 7.89. The number of hydrogen-bond acceptors (Lipinski definition) is 6. The van der Waals surface area contributed by atoms with Gasteiger partial charge in [-0.05, 0) is 67.6 Å². The molecule has 1 saturated carbocycles. The first-order chi connectivity index (χ1) is 15.0. The van der Waals surface area contributed by atoms with E-state index in [-0.39, 0.29) is 29.7 Å². The van der Waals surface area contributed by atoms with Crippen molar-refractivity contribution < 1.29 is 18.6 Å². The number of fused-ring (bicyclic) bond motifs is 4. The molecule has 5 rings (SSSR count). The van der Waals surface area contributed by atoms with Crippen LogP contribution < -0.4 is 10.5 Å². The lowest BCUT2D eigenvalue weighted by Gasteiger charge is -2.47. The Hall–Kier alpha value is -3.11. The number of benzene rings is 2. The van der Waals surface area contributed by atoms with Gasteiger partial charge in [0.05, 0.1) is 17.7 Å². The van der Waals surface area contributed by atoms with Crippen LogP contribution in [0.1, 0.15) is 37.3 Å². The highest BCUT2D eigenvalue weighted by molar-refractivity contribution is 5.75. The maximum atomic E-state index is 14.1. The molecule has 0 amide bonds. The van der Waals surface area contributed by atoms with Gasteiger partial charge in [0.1, 0.15) is 29.8 Å². The quantitative estimate of drug-likeness (QED) is 0.813. The minimum atomic E-state index is -0.667. The van der Waals surface area contributed by atoms with Gasteiger partial charge in [0.15, 0.2) is 0 Å². The average Bonchev–Trinajstić information content (AvgIpc) is 3.16. The predicted octanol–water partition coefficient (Wildman–Crippen LogP) is 3.87. The molecule has 7 heteroatoms. The first-order valence-electron chi connectivity index (χ1n) is 10.6. The molecule has 2 aromatic rings. The predicted molar refractivity (Wildman–Crippen MR) is 113 cm³/mol. The Morgan fingerprint density at radius 1 is 1.26 bits per heavy atom. The van der Waals surface area contributed by atoms with E-state index in [1.165, 1.54) is 12.1 Å². The van der Waals surface area contributed by atoms with Crippen LogP contribution in [0.25, 0.3) is 11.1 Å². The van der Waals surface area contributed by atoms with Crippen LogP contribution in [-0.2, 0) is 15.0 Å². The van der Waals surface area contributed by atoms with Crippen LogP contribution in [0, 0.1) is 23.1 Å². The monoisotopic (exact) mass is 421 g/mol. The SMILES string of the molecule is CCO[C@H]1CCC2Oc3ccc(-c4cc(F)cc(C#N)c4)cc3C3(COC(N)=N3)[C@H]2C1. The van der Waals surface area contributed by atoms with Gasteiger partial charge in [-0.2, -0.15) is 5.26 Å². The summed E-state index contributed by atoms with van der Waals surface area (Å²) in [7, 11) is 0. The first-order valence-corrected chi connectivity index (χ1v) is 10.6. The molecule has 4 atom stereocenters. The van der Waals surface area contributed by atoms with E-state index < -0.39 is 11.4 Å². The number of aliphatic imine (C=N–C) groups is 1. The van der Waals surface area contributed by atoms with Gasteiger partial charge < -0.3 is 19.9 Å². The van der Waals surface area contributed by atoms with Crippen LogP contribution in [0.15, 0.2) is 41.4 Å². The summed E-state index contributed by atoms with van der Waals surface area (Å²) in [6, 6.07) is 12.3. The minimum absolute atomic E-state index is 0.00710. The van der Waals surface area contributed by atoms with Crippen LogP contribution in [-0.4, -0.2) is 31.4 Å². The Morgan fingerprint density at radius 2 is 2.13 bits per heavy atom. The lowest BCUT2D eigenvalue weighted by molar-refractivity contribution is -0.0595. The fraction of sp³-hybridized carbons (Fsp3) is 0.417. The molecule has 1 fully saturated rings. The van der Waals surface area contributed by atoms with E-state index in [9.17, 15) is 9.65 Å². The summed E-state index contributed by atoms with van der Waals surface area (Å²) < 4.78 is 32.1. The Labute approximate surface area is 180 Å². The Balaban J connectivity index is 1.62. The molecule has 31 heavy (non-hydrogen) atoms. The summed E-state index contributed by atoms with van der Waals surface area (Å²) in [5, 5.41) is 9.22. The van der Waals surface area contributed by atoms with E-state index in [2.05, 4.69) is 0 Å². The third-order valence-corrected chi connectivity index (χ3v) is 6.59. The van der Waals surface area contributed by atoms with E-state index in [1.54, 1.807) is 6.07 Å². The van der Waals surface area contributed by atoms with E-state index in [1.807, 2.05) is 31.2 Å². The van der Waals surface area contributed by atoms with Gasteiger partial charge in [-0.1, -0.05) is 6.07 Å². The number of ether oxygens (including phenoxy) is 3. The van der Waals surface area contributed by atoms with Crippen molar-refractivity contribution >= 4 is 6.02 Å².